The van der Waals surface area contributed by atoms with Crippen LogP contribution < -0.4 is 16.4 Å². The summed E-state index contributed by atoms with van der Waals surface area (Å²) in [7, 11) is 2.61. The number of hydrogen-bond donors (Lipinski definition) is 1. The molecule has 0 saturated carbocycles. The van der Waals surface area contributed by atoms with Gasteiger partial charge in [0.05, 0.1) is 11.4 Å². The Morgan fingerprint density at radius 1 is 1.08 bits per heavy atom. The number of rotatable bonds is 2. The van der Waals surface area contributed by atoms with Crippen LogP contribution in [0.15, 0.2) is 33.9 Å². The number of nitrogens with zero attached hydrogens (tertiary/aromatic N) is 3. The van der Waals surface area contributed by atoms with Gasteiger partial charge in [-0.15, -0.1) is 0 Å². The third-order valence-electron chi connectivity index (χ3n) is 3.60. The summed E-state index contributed by atoms with van der Waals surface area (Å²) in [5.74, 6) is -0.539. The maximum absolute atomic E-state index is 14.1. The fourth-order valence-electron chi connectivity index (χ4n) is 2.28. The van der Waals surface area contributed by atoms with Gasteiger partial charge in [-0.25, -0.2) is 4.39 Å². The number of pyridine rings is 1. The lowest BCUT2D eigenvalue weighted by molar-refractivity contribution is 0.478. The molecule has 0 amide bonds. The van der Waals surface area contributed by atoms with E-state index < -0.39 is 23.0 Å². The fraction of sp³-hybridized carbons (Fsp3) is 0.133. The number of hydrogen-bond acceptors (Lipinski definition) is 4. The van der Waals surface area contributed by atoms with Crippen LogP contribution in [0.5, 0.6) is 0 Å². The van der Waals surface area contributed by atoms with Crippen LogP contribution in [0.25, 0.3) is 11.0 Å². The fourth-order valence-corrected chi connectivity index (χ4v) is 2.73. The highest BCUT2D eigenvalue weighted by Gasteiger charge is 2.16. The lowest BCUT2D eigenvalue weighted by Gasteiger charge is -2.13. The molecule has 0 spiro atoms. The molecule has 124 valence electrons. The average Bonchev–Trinajstić information content (AvgIpc) is 2.52. The van der Waals surface area contributed by atoms with Crippen LogP contribution in [0.1, 0.15) is 0 Å². The van der Waals surface area contributed by atoms with Crippen molar-refractivity contribution in [2.45, 2.75) is 0 Å². The van der Waals surface area contributed by atoms with E-state index in [0.717, 1.165) is 15.2 Å². The van der Waals surface area contributed by atoms with Gasteiger partial charge in [0.2, 0.25) is 0 Å². The predicted octanol–water partition coefficient (Wildman–Crippen LogP) is 2.26. The van der Waals surface area contributed by atoms with Crippen LogP contribution in [0.4, 0.5) is 20.2 Å². The number of nitrogens with one attached hydrogen (secondary N) is 1. The van der Waals surface area contributed by atoms with E-state index in [1.54, 1.807) is 6.07 Å². The topological polar surface area (TPSA) is 68.9 Å². The highest BCUT2D eigenvalue weighted by atomic mass is 127. The SMILES string of the molecule is Cn1c(F)nc2c(c(Nc3ccc(I)cc3F)cc(=O)n2C)c1=O. The zero-order valence-electron chi connectivity index (χ0n) is 12.6. The van der Waals surface area contributed by atoms with Crippen molar-refractivity contribution < 1.29 is 8.78 Å². The third-order valence-corrected chi connectivity index (χ3v) is 4.27. The van der Waals surface area contributed by atoms with Crippen LogP contribution in [0, 0.1) is 15.5 Å². The third kappa shape index (κ3) is 2.68. The summed E-state index contributed by atoms with van der Waals surface area (Å²) in [6.07, 6.45) is -1.01. The molecule has 6 nitrogen and oxygen atoms in total. The molecule has 3 rings (SSSR count). The summed E-state index contributed by atoms with van der Waals surface area (Å²) in [6, 6.07) is 5.62. The smallest absolute Gasteiger partial charge is 0.293 e. The minimum absolute atomic E-state index is 0.000972. The molecule has 0 saturated heterocycles. The molecule has 3 aromatic rings. The van der Waals surface area contributed by atoms with Gasteiger partial charge in [0.25, 0.3) is 17.2 Å². The van der Waals surface area contributed by atoms with Crippen LogP contribution >= 0.6 is 22.6 Å². The first-order valence-corrected chi connectivity index (χ1v) is 7.86. The second-order valence-corrected chi connectivity index (χ2v) is 6.39. The van der Waals surface area contributed by atoms with Crippen LogP contribution in [-0.2, 0) is 14.1 Å². The molecule has 2 heterocycles. The van der Waals surface area contributed by atoms with Crippen LogP contribution in [-0.4, -0.2) is 14.1 Å². The Balaban J connectivity index is 2.32. The molecule has 0 aliphatic carbocycles. The van der Waals surface area contributed by atoms with E-state index in [1.807, 2.05) is 22.6 Å². The molecule has 0 atom stereocenters. The maximum atomic E-state index is 14.1. The van der Waals surface area contributed by atoms with Gasteiger partial charge in [-0.2, -0.15) is 9.37 Å². The highest BCUT2D eigenvalue weighted by Crippen LogP contribution is 2.24. The molecule has 0 aliphatic heterocycles. The van der Waals surface area contributed by atoms with Crippen molar-refractivity contribution in [3.63, 3.8) is 0 Å². The standard InChI is InChI=1S/C15H11F2IN4O2/c1-21-11(23)6-10(19-9-4-3-7(18)5-8(9)16)12-13(21)20-15(17)22(2)14(12)24/h3-6,19H,1-2H3. The Labute approximate surface area is 147 Å². The maximum Gasteiger partial charge on any atom is 0.293 e. The summed E-state index contributed by atoms with van der Waals surface area (Å²) >= 11 is 1.96. The predicted molar refractivity (Wildman–Crippen MR) is 94.6 cm³/mol. The number of anilines is 2. The van der Waals surface area contributed by atoms with Crippen molar-refractivity contribution >= 4 is 45.0 Å². The van der Waals surface area contributed by atoms with Gasteiger partial charge in [-0.05, 0) is 40.8 Å². The van der Waals surface area contributed by atoms with Crippen molar-refractivity contribution in [1.82, 2.24) is 14.1 Å². The Bertz CT molecular complexity index is 1090. The summed E-state index contributed by atoms with van der Waals surface area (Å²) in [4.78, 5) is 28.1. The molecule has 0 radical (unpaired) electrons. The number of aryl methyl sites for hydroxylation is 1. The lowest BCUT2D eigenvalue weighted by atomic mass is 10.2. The molecular weight excluding hydrogens is 433 g/mol. The molecule has 0 bridgehead atoms. The number of halogens is 3. The number of benzene rings is 1. The molecule has 1 aromatic carbocycles. The zero-order chi connectivity index (χ0) is 17.6. The van der Waals surface area contributed by atoms with Crippen molar-refractivity contribution in [2.24, 2.45) is 14.1 Å². The van der Waals surface area contributed by atoms with Crippen molar-refractivity contribution in [3.05, 3.63) is 60.4 Å². The lowest BCUT2D eigenvalue weighted by Crippen LogP contribution is -2.27. The summed E-state index contributed by atoms with van der Waals surface area (Å²) in [5.41, 5.74) is -1.13. The molecule has 24 heavy (non-hydrogen) atoms. The van der Waals surface area contributed by atoms with Gasteiger partial charge in [-0.3, -0.25) is 18.7 Å². The molecule has 2 aromatic heterocycles. The average molecular weight is 444 g/mol. The summed E-state index contributed by atoms with van der Waals surface area (Å²) < 4.78 is 30.3. The van der Waals surface area contributed by atoms with Crippen LogP contribution in [0.2, 0.25) is 0 Å². The van der Waals surface area contributed by atoms with Gasteiger partial charge in [0, 0.05) is 23.7 Å². The molecule has 0 aliphatic rings. The van der Waals surface area contributed by atoms with Crippen molar-refractivity contribution in [3.8, 4) is 0 Å². The van der Waals surface area contributed by atoms with E-state index in [-0.39, 0.29) is 22.4 Å². The zero-order valence-corrected chi connectivity index (χ0v) is 14.8. The first-order valence-electron chi connectivity index (χ1n) is 6.78. The quantitative estimate of drug-likeness (QED) is 0.487. The molecular formula is C15H11F2IN4O2. The van der Waals surface area contributed by atoms with Gasteiger partial charge in [-0.1, -0.05) is 0 Å². The first kappa shape index (κ1) is 16.6. The van der Waals surface area contributed by atoms with E-state index in [9.17, 15) is 18.4 Å². The van der Waals surface area contributed by atoms with E-state index in [4.69, 9.17) is 0 Å². The number of fused-ring (bicyclic) bond motifs is 1. The summed E-state index contributed by atoms with van der Waals surface area (Å²) in [6.45, 7) is 0. The Kier molecular flexibility index (Phi) is 4.11. The normalized spacial score (nSPS) is 11.0. The van der Waals surface area contributed by atoms with E-state index in [1.165, 1.54) is 26.2 Å². The molecule has 0 fully saturated rings. The molecule has 1 N–H and O–H groups in total. The van der Waals surface area contributed by atoms with Gasteiger partial charge < -0.3 is 5.32 Å². The second kappa shape index (κ2) is 5.96. The minimum atomic E-state index is -1.01. The van der Waals surface area contributed by atoms with Crippen LogP contribution in [0.3, 0.4) is 0 Å². The largest absolute Gasteiger partial charge is 0.352 e. The first-order chi connectivity index (χ1) is 11.3. The Morgan fingerprint density at radius 3 is 2.46 bits per heavy atom. The van der Waals surface area contributed by atoms with E-state index in [0.29, 0.717) is 3.57 Å². The van der Waals surface area contributed by atoms with Gasteiger partial charge in [0.1, 0.15) is 11.2 Å². The molecule has 9 heteroatoms. The monoisotopic (exact) mass is 444 g/mol. The van der Waals surface area contributed by atoms with Gasteiger partial charge >= 0.3 is 0 Å². The molecule has 0 unspecified atom stereocenters. The van der Waals surface area contributed by atoms with E-state index in [2.05, 4.69) is 10.3 Å². The highest BCUT2D eigenvalue weighted by molar-refractivity contribution is 14.1. The Hall–Kier alpha value is -2.30. The van der Waals surface area contributed by atoms with Crippen molar-refractivity contribution in [2.75, 3.05) is 5.32 Å². The van der Waals surface area contributed by atoms with E-state index >= 15 is 0 Å². The number of aromatic nitrogens is 3. The second-order valence-electron chi connectivity index (χ2n) is 5.15. The van der Waals surface area contributed by atoms with Crippen molar-refractivity contribution in [1.29, 1.82) is 0 Å². The minimum Gasteiger partial charge on any atom is -0.352 e. The Morgan fingerprint density at radius 2 is 1.79 bits per heavy atom. The summed E-state index contributed by atoms with van der Waals surface area (Å²) in [5, 5.41) is 2.73. The van der Waals surface area contributed by atoms with Gasteiger partial charge in [0.15, 0.2) is 5.65 Å².